The van der Waals surface area contributed by atoms with Gasteiger partial charge < -0.3 is 9.88 Å². The summed E-state index contributed by atoms with van der Waals surface area (Å²) in [5.74, 6) is 1.03. The van der Waals surface area contributed by atoms with Gasteiger partial charge in [0, 0.05) is 31.7 Å². The van der Waals surface area contributed by atoms with Crippen molar-refractivity contribution in [2.75, 3.05) is 13.1 Å². The zero-order valence-electron chi connectivity index (χ0n) is 14.4. The summed E-state index contributed by atoms with van der Waals surface area (Å²) in [6.45, 7) is 6.26. The molecule has 1 N–H and O–H groups in total. The van der Waals surface area contributed by atoms with Crippen LogP contribution in [-0.4, -0.2) is 33.4 Å². The Morgan fingerprint density at radius 1 is 1.16 bits per heavy atom. The minimum atomic E-state index is -0.0407. The summed E-state index contributed by atoms with van der Waals surface area (Å²) in [6.07, 6.45) is 0. The standard InChI is InChI=1S/C20H22N4O/c1-2-21-20(25)16-8-9-18-17(12-16)22-19-14-23(10-11-24(18)19)13-15-6-4-3-5-7-15/h3-9,12H,2,10-11,13-14H2,1H3,(H,21,25). The molecule has 1 aliphatic rings. The number of nitrogens with one attached hydrogen (secondary N) is 1. The summed E-state index contributed by atoms with van der Waals surface area (Å²) < 4.78 is 2.28. The van der Waals surface area contributed by atoms with Crippen LogP contribution < -0.4 is 5.32 Å². The lowest BCUT2D eigenvalue weighted by molar-refractivity contribution is 0.0956. The van der Waals surface area contributed by atoms with Crippen molar-refractivity contribution in [3.63, 3.8) is 0 Å². The first-order valence-electron chi connectivity index (χ1n) is 8.78. The van der Waals surface area contributed by atoms with Gasteiger partial charge in [0.2, 0.25) is 0 Å². The molecule has 0 unspecified atom stereocenters. The largest absolute Gasteiger partial charge is 0.352 e. The Hall–Kier alpha value is -2.66. The molecule has 2 aromatic carbocycles. The van der Waals surface area contributed by atoms with Crippen molar-refractivity contribution >= 4 is 16.9 Å². The third kappa shape index (κ3) is 3.15. The molecule has 0 bridgehead atoms. The molecule has 0 saturated carbocycles. The Balaban J connectivity index is 1.58. The topological polar surface area (TPSA) is 50.2 Å². The molecule has 1 aromatic heterocycles. The van der Waals surface area contributed by atoms with E-state index in [1.807, 2.05) is 31.2 Å². The van der Waals surface area contributed by atoms with Crippen LogP contribution in [0.15, 0.2) is 48.5 Å². The van der Waals surface area contributed by atoms with Gasteiger partial charge in [-0.15, -0.1) is 0 Å². The van der Waals surface area contributed by atoms with Crippen LogP contribution in [0.1, 0.15) is 28.7 Å². The fourth-order valence-corrected chi connectivity index (χ4v) is 3.45. The highest BCUT2D eigenvalue weighted by molar-refractivity contribution is 5.97. The van der Waals surface area contributed by atoms with Crippen LogP contribution in [0.4, 0.5) is 0 Å². The molecule has 25 heavy (non-hydrogen) atoms. The summed E-state index contributed by atoms with van der Waals surface area (Å²) in [6, 6.07) is 16.3. The second kappa shape index (κ2) is 6.69. The van der Waals surface area contributed by atoms with Gasteiger partial charge in [-0.3, -0.25) is 9.69 Å². The van der Waals surface area contributed by atoms with Crippen LogP contribution in [0.2, 0.25) is 0 Å². The van der Waals surface area contributed by atoms with E-state index in [4.69, 9.17) is 4.98 Å². The Labute approximate surface area is 147 Å². The Bertz CT molecular complexity index is 901. The van der Waals surface area contributed by atoms with Crippen LogP contribution in [0.5, 0.6) is 0 Å². The van der Waals surface area contributed by atoms with Gasteiger partial charge in [-0.25, -0.2) is 4.98 Å². The number of nitrogens with zero attached hydrogens (tertiary/aromatic N) is 3. The quantitative estimate of drug-likeness (QED) is 0.798. The number of rotatable bonds is 4. The first-order valence-corrected chi connectivity index (χ1v) is 8.78. The van der Waals surface area contributed by atoms with Gasteiger partial charge in [0.05, 0.1) is 17.6 Å². The van der Waals surface area contributed by atoms with Crippen LogP contribution in [0, 0.1) is 0 Å². The maximum atomic E-state index is 12.0. The molecule has 1 amide bonds. The van der Waals surface area contributed by atoms with Crippen molar-refractivity contribution in [3.8, 4) is 0 Å². The second-order valence-electron chi connectivity index (χ2n) is 6.44. The van der Waals surface area contributed by atoms with Gasteiger partial charge >= 0.3 is 0 Å². The van der Waals surface area contributed by atoms with Crippen LogP contribution in [0.25, 0.3) is 11.0 Å². The molecule has 2 heterocycles. The van der Waals surface area contributed by atoms with Gasteiger partial charge in [0.1, 0.15) is 5.82 Å². The highest BCUT2D eigenvalue weighted by Gasteiger charge is 2.20. The van der Waals surface area contributed by atoms with Crippen molar-refractivity contribution in [1.29, 1.82) is 0 Å². The molecule has 0 aliphatic carbocycles. The molecule has 1 aliphatic heterocycles. The molecule has 5 nitrogen and oxygen atoms in total. The minimum absolute atomic E-state index is 0.0407. The van der Waals surface area contributed by atoms with E-state index in [1.54, 1.807) is 0 Å². The number of imidazole rings is 1. The number of hydrogen-bond donors (Lipinski definition) is 1. The van der Waals surface area contributed by atoms with Gasteiger partial charge in [0.15, 0.2) is 0 Å². The predicted octanol–water partition coefficient (Wildman–Crippen LogP) is 2.80. The monoisotopic (exact) mass is 334 g/mol. The first kappa shape index (κ1) is 15.8. The van der Waals surface area contributed by atoms with E-state index in [1.165, 1.54) is 5.56 Å². The number of carbonyl (C=O) groups is 1. The number of amides is 1. The molecule has 3 aromatic rings. The molecule has 5 heteroatoms. The molecule has 128 valence electrons. The SMILES string of the molecule is CCNC(=O)c1ccc2c(c1)nc1n2CCN(Cc2ccccc2)C1. The third-order valence-electron chi connectivity index (χ3n) is 4.68. The number of hydrogen-bond acceptors (Lipinski definition) is 3. The summed E-state index contributed by atoms with van der Waals surface area (Å²) >= 11 is 0. The van der Waals surface area contributed by atoms with Crippen molar-refractivity contribution in [3.05, 3.63) is 65.5 Å². The zero-order chi connectivity index (χ0) is 17.2. The lowest BCUT2D eigenvalue weighted by Gasteiger charge is -2.27. The molecule has 0 saturated heterocycles. The maximum Gasteiger partial charge on any atom is 0.251 e. The predicted molar refractivity (Wildman–Crippen MR) is 98.3 cm³/mol. The molecule has 0 spiro atoms. The van der Waals surface area contributed by atoms with Crippen LogP contribution in [-0.2, 0) is 19.6 Å². The Kier molecular flexibility index (Phi) is 4.24. The van der Waals surface area contributed by atoms with Crippen molar-refractivity contribution in [2.45, 2.75) is 26.6 Å². The van der Waals surface area contributed by atoms with Gasteiger partial charge in [-0.1, -0.05) is 30.3 Å². The van der Waals surface area contributed by atoms with Crippen molar-refractivity contribution < 1.29 is 4.79 Å². The summed E-state index contributed by atoms with van der Waals surface area (Å²) in [5.41, 5.74) is 4.01. The average molecular weight is 334 g/mol. The van der Waals surface area contributed by atoms with E-state index in [0.29, 0.717) is 12.1 Å². The zero-order valence-corrected chi connectivity index (χ0v) is 14.4. The van der Waals surface area contributed by atoms with Crippen molar-refractivity contribution in [1.82, 2.24) is 19.8 Å². The van der Waals surface area contributed by atoms with Gasteiger partial charge in [0.25, 0.3) is 5.91 Å². The van der Waals surface area contributed by atoms with E-state index in [-0.39, 0.29) is 5.91 Å². The fourth-order valence-electron chi connectivity index (χ4n) is 3.45. The lowest BCUT2D eigenvalue weighted by Crippen LogP contribution is -2.33. The summed E-state index contributed by atoms with van der Waals surface area (Å²) in [4.78, 5) is 19.2. The normalized spacial score (nSPS) is 14.4. The lowest BCUT2D eigenvalue weighted by atomic mass is 10.2. The average Bonchev–Trinajstić information content (AvgIpc) is 2.99. The first-order chi connectivity index (χ1) is 12.2. The number of benzene rings is 2. The molecule has 4 rings (SSSR count). The number of fused-ring (bicyclic) bond motifs is 3. The summed E-state index contributed by atoms with van der Waals surface area (Å²) in [5, 5.41) is 2.84. The van der Waals surface area contributed by atoms with Gasteiger partial charge in [-0.05, 0) is 30.7 Å². The smallest absolute Gasteiger partial charge is 0.251 e. The van der Waals surface area contributed by atoms with E-state index in [2.05, 4.69) is 39.0 Å². The molecule has 0 fully saturated rings. The maximum absolute atomic E-state index is 12.0. The number of carbonyl (C=O) groups excluding carboxylic acids is 1. The second-order valence-corrected chi connectivity index (χ2v) is 6.44. The molecular formula is C20H22N4O. The van der Waals surface area contributed by atoms with Crippen LogP contribution in [0.3, 0.4) is 0 Å². The van der Waals surface area contributed by atoms with E-state index < -0.39 is 0 Å². The minimum Gasteiger partial charge on any atom is -0.352 e. The van der Waals surface area contributed by atoms with E-state index >= 15 is 0 Å². The van der Waals surface area contributed by atoms with Crippen molar-refractivity contribution in [2.24, 2.45) is 0 Å². The molecular weight excluding hydrogens is 312 g/mol. The molecule has 0 radical (unpaired) electrons. The Morgan fingerprint density at radius 2 is 2.00 bits per heavy atom. The summed E-state index contributed by atoms with van der Waals surface area (Å²) in [7, 11) is 0. The fraction of sp³-hybridized carbons (Fsp3) is 0.300. The third-order valence-corrected chi connectivity index (χ3v) is 4.68. The highest BCUT2D eigenvalue weighted by Crippen LogP contribution is 2.23. The highest BCUT2D eigenvalue weighted by atomic mass is 16.1. The Morgan fingerprint density at radius 3 is 2.80 bits per heavy atom. The van der Waals surface area contributed by atoms with Crippen LogP contribution >= 0.6 is 0 Å². The van der Waals surface area contributed by atoms with E-state index in [9.17, 15) is 4.79 Å². The number of aromatic nitrogens is 2. The van der Waals surface area contributed by atoms with E-state index in [0.717, 1.165) is 43.0 Å². The molecule has 0 atom stereocenters. The van der Waals surface area contributed by atoms with Gasteiger partial charge in [-0.2, -0.15) is 0 Å².